The van der Waals surface area contributed by atoms with E-state index in [1.54, 1.807) is 11.3 Å². The number of rotatable bonds is 2. The van der Waals surface area contributed by atoms with Crippen LogP contribution in [0.25, 0.3) is 0 Å². The smallest absolute Gasteiger partial charge is 0.121 e. The molecule has 0 aliphatic rings. The van der Waals surface area contributed by atoms with Gasteiger partial charge in [0.25, 0.3) is 0 Å². The molecule has 0 aliphatic heterocycles. The topological polar surface area (TPSA) is 20.2 Å². The summed E-state index contributed by atoms with van der Waals surface area (Å²) in [4.78, 5) is 2.23. The van der Waals surface area contributed by atoms with E-state index in [9.17, 15) is 5.11 Å². The SMILES string of the molecule is Cc1ccc(C(C)(O)c2cc(C)c(C)cc2C)s1. The molecule has 0 bridgehead atoms. The maximum absolute atomic E-state index is 10.9. The second-order valence-corrected chi connectivity index (χ2v) is 6.52. The molecule has 1 heterocycles. The van der Waals surface area contributed by atoms with Gasteiger partial charge in [0.05, 0.1) is 0 Å². The molecule has 1 N–H and O–H groups in total. The first kappa shape index (κ1) is 13.3. The maximum Gasteiger partial charge on any atom is 0.121 e. The lowest BCUT2D eigenvalue weighted by Gasteiger charge is -2.25. The third-order valence-electron chi connectivity index (χ3n) is 3.59. The molecule has 0 radical (unpaired) electrons. The van der Waals surface area contributed by atoms with E-state index >= 15 is 0 Å². The van der Waals surface area contributed by atoms with Crippen molar-refractivity contribution in [3.8, 4) is 0 Å². The van der Waals surface area contributed by atoms with E-state index in [1.807, 2.05) is 13.0 Å². The molecule has 1 atom stereocenters. The highest BCUT2D eigenvalue weighted by molar-refractivity contribution is 7.12. The summed E-state index contributed by atoms with van der Waals surface area (Å²) in [5, 5.41) is 10.9. The highest BCUT2D eigenvalue weighted by atomic mass is 32.1. The molecule has 0 aliphatic carbocycles. The number of hydrogen-bond acceptors (Lipinski definition) is 2. The Kier molecular flexibility index (Phi) is 3.35. The Morgan fingerprint density at radius 2 is 1.56 bits per heavy atom. The average molecular weight is 260 g/mol. The second-order valence-electron chi connectivity index (χ2n) is 5.23. The lowest BCUT2D eigenvalue weighted by atomic mass is 9.88. The van der Waals surface area contributed by atoms with Gasteiger partial charge in [-0.05, 0) is 69.0 Å². The minimum Gasteiger partial charge on any atom is -0.380 e. The molecule has 0 saturated carbocycles. The molecule has 2 rings (SSSR count). The Balaban J connectivity index is 2.57. The van der Waals surface area contributed by atoms with E-state index in [4.69, 9.17) is 0 Å². The highest BCUT2D eigenvalue weighted by Crippen LogP contribution is 2.36. The van der Waals surface area contributed by atoms with Crippen molar-refractivity contribution in [3.05, 3.63) is 56.3 Å². The molecule has 1 aromatic heterocycles. The summed E-state index contributed by atoms with van der Waals surface area (Å²) in [5.74, 6) is 0. The molecule has 2 heteroatoms. The van der Waals surface area contributed by atoms with Crippen LogP contribution < -0.4 is 0 Å². The number of aryl methyl sites for hydroxylation is 4. The maximum atomic E-state index is 10.9. The van der Waals surface area contributed by atoms with E-state index in [1.165, 1.54) is 16.0 Å². The summed E-state index contributed by atoms with van der Waals surface area (Å²) in [6, 6.07) is 8.35. The van der Waals surface area contributed by atoms with E-state index in [0.29, 0.717) is 0 Å². The largest absolute Gasteiger partial charge is 0.380 e. The molecule has 0 saturated heterocycles. The molecule has 1 nitrogen and oxygen atoms in total. The van der Waals surface area contributed by atoms with Crippen molar-refractivity contribution < 1.29 is 5.11 Å². The third kappa shape index (κ3) is 2.23. The molecule has 96 valence electrons. The van der Waals surface area contributed by atoms with Gasteiger partial charge in [0.1, 0.15) is 5.60 Å². The number of thiophene rings is 1. The molecule has 2 aromatic rings. The first-order valence-electron chi connectivity index (χ1n) is 6.20. The molecular weight excluding hydrogens is 240 g/mol. The van der Waals surface area contributed by atoms with Crippen LogP contribution in [0.5, 0.6) is 0 Å². The molecule has 1 aromatic carbocycles. The zero-order valence-corrected chi connectivity index (χ0v) is 12.5. The second kappa shape index (κ2) is 4.52. The Morgan fingerprint density at radius 3 is 2.11 bits per heavy atom. The molecule has 0 fully saturated rings. The summed E-state index contributed by atoms with van der Waals surface area (Å²) in [6.07, 6.45) is 0. The molecule has 0 amide bonds. The van der Waals surface area contributed by atoms with Crippen LogP contribution in [-0.4, -0.2) is 5.11 Å². The van der Waals surface area contributed by atoms with Gasteiger partial charge in [0, 0.05) is 9.75 Å². The van der Waals surface area contributed by atoms with Crippen LogP contribution in [0, 0.1) is 27.7 Å². The normalized spacial score (nSPS) is 14.6. The Labute approximate surface area is 113 Å². The number of hydrogen-bond donors (Lipinski definition) is 1. The zero-order chi connectivity index (χ0) is 13.5. The van der Waals surface area contributed by atoms with Crippen molar-refractivity contribution in [3.63, 3.8) is 0 Å². The van der Waals surface area contributed by atoms with E-state index < -0.39 is 5.60 Å². The quantitative estimate of drug-likeness (QED) is 0.856. The molecule has 1 unspecified atom stereocenters. The molecule has 0 spiro atoms. The predicted octanol–water partition coefficient (Wildman–Crippen LogP) is 4.24. The minimum atomic E-state index is -0.901. The first-order chi connectivity index (χ1) is 8.32. The standard InChI is InChI=1S/C16H20OS/c1-10-8-12(3)14(9-11(10)2)16(5,17)15-7-6-13(4)18-15/h6-9,17H,1-5H3. The van der Waals surface area contributed by atoms with Crippen molar-refractivity contribution in [2.75, 3.05) is 0 Å². The Morgan fingerprint density at radius 1 is 0.944 bits per heavy atom. The lowest BCUT2D eigenvalue weighted by molar-refractivity contribution is 0.105. The van der Waals surface area contributed by atoms with Crippen LogP contribution in [0.15, 0.2) is 24.3 Å². The minimum absolute atomic E-state index is 0.901. The summed E-state index contributed by atoms with van der Waals surface area (Å²) in [7, 11) is 0. The summed E-state index contributed by atoms with van der Waals surface area (Å²) < 4.78 is 0. The fourth-order valence-corrected chi connectivity index (χ4v) is 3.24. The van der Waals surface area contributed by atoms with Gasteiger partial charge in [-0.25, -0.2) is 0 Å². The van der Waals surface area contributed by atoms with Crippen molar-refractivity contribution in [1.82, 2.24) is 0 Å². The van der Waals surface area contributed by atoms with Crippen molar-refractivity contribution >= 4 is 11.3 Å². The van der Waals surface area contributed by atoms with Crippen molar-refractivity contribution in [2.24, 2.45) is 0 Å². The van der Waals surface area contributed by atoms with Crippen LogP contribution in [0.3, 0.4) is 0 Å². The molecular formula is C16H20OS. The van der Waals surface area contributed by atoms with Gasteiger partial charge in [0.15, 0.2) is 0 Å². The van der Waals surface area contributed by atoms with Crippen molar-refractivity contribution in [2.45, 2.75) is 40.2 Å². The van der Waals surface area contributed by atoms with Gasteiger partial charge in [-0.15, -0.1) is 11.3 Å². The molecule has 18 heavy (non-hydrogen) atoms. The first-order valence-corrected chi connectivity index (χ1v) is 7.01. The van der Waals surface area contributed by atoms with E-state index in [2.05, 4.69) is 45.9 Å². The zero-order valence-electron chi connectivity index (χ0n) is 11.7. The Hall–Kier alpha value is -1.12. The average Bonchev–Trinajstić information content (AvgIpc) is 2.70. The van der Waals surface area contributed by atoms with Crippen LogP contribution >= 0.6 is 11.3 Å². The van der Waals surface area contributed by atoms with E-state index in [-0.39, 0.29) is 0 Å². The summed E-state index contributed by atoms with van der Waals surface area (Å²) >= 11 is 1.66. The van der Waals surface area contributed by atoms with Gasteiger partial charge in [-0.2, -0.15) is 0 Å². The number of benzene rings is 1. The Bertz CT molecular complexity index is 579. The monoisotopic (exact) mass is 260 g/mol. The van der Waals surface area contributed by atoms with Crippen LogP contribution in [0.4, 0.5) is 0 Å². The fourth-order valence-electron chi connectivity index (χ4n) is 2.31. The number of aliphatic hydroxyl groups is 1. The van der Waals surface area contributed by atoms with Gasteiger partial charge in [0.2, 0.25) is 0 Å². The third-order valence-corrected chi connectivity index (χ3v) is 4.80. The van der Waals surface area contributed by atoms with Gasteiger partial charge < -0.3 is 5.11 Å². The van der Waals surface area contributed by atoms with Crippen LogP contribution in [0.2, 0.25) is 0 Å². The van der Waals surface area contributed by atoms with Crippen molar-refractivity contribution in [1.29, 1.82) is 0 Å². The fraction of sp³-hybridized carbons (Fsp3) is 0.375. The van der Waals surface area contributed by atoms with Crippen LogP contribution in [0.1, 0.15) is 38.9 Å². The van der Waals surface area contributed by atoms with Gasteiger partial charge in [-0.1, -0.05) is 12.1 Å². The highest BCUT2D eigenvalue weighted by Gasteiger charge is 2.29. The van der Waals surface area contributed by atoms with Gasteiger partial charge >= 0.3 is 0 Å². The predicted molar refractivity (Wildman–Crippen MR) is 78.4 cm³/mol. The summed E-state index contributed by atoms with van der Waals surface area (Å²) in [6.45, 7) is 10.2. The lowest BCUT2D eigenvalue weighted by Crippen LogP contribution is -2.23. The summed E-state index contributed by atoms with van der Waals surface area (Å²) in [5.41, 5.74) is 3.75. The van der Waals surface area contributed by atoms with Gasteiger partial charge in [-0.3, -0.25) is 0 Å². The van der Waals surface area contributed by atoms with Crippen LogP contribution in [-0.2, 0) is 5.60 Å². The van der Waals surface area contributed by atoms with E-state index in [0.717, 1.165) is 16.0 Å².